The van der Waals surface area contributed by atoms with E-state index in [0.29, 0.717) is 41.4 Å². The van der Waals surface area contributed by atoms with Gasteiger partial charge in [-0.05, 0) is 80.3 Å². The van der Waals surface area contributed by atoms with Crippen LogP contribution < -0.4 is 15.4 Å². The van der Waals surface area contributed by atoms with Crippen molar-refractivity contribution in [1.29, 1.82) is 0 Å². The van der Waals surface area contributed by atoms with Crippen LogP contribution in [0.25, 0.3) is 11.3 Å². The summed E-state index contributed by atoms with van der Waals surface area (Å²) in [5.74, 6) is 0.599. The van der Waals surface area contributed by atoms with Crippen LogP contribution in [0.3, 0.4) is 0 Å². The summed E-state index contributed by atoms with van der Waals surface area (Å²) in [6.07, 6.45) is 4.23. The fourth-order valence-corrected chi connectivity index (χ4v) is 5.15. The molecule has 4 aromatic rings. The molecule has 1 aliphatic rings. The van der Waals surface area contributed by atoms with Crippen molar-refractivity contribution in [2.75, 3.05) is 11.9 Å². The highest BCUT2D eigenvalue weighted by Gasteiger charge is 2.26. The van der Waals surface area contributed by atoms with Crippen molar-refractivity contribution in [3.63, 3.8) is 0 Å². The van der Waals surface area contributed by atoms with E-state index >= 15 is 0 Å². The molecule has 0 bridgehead atoms. The number of benzene rings is 3. The van der Waals surface area contributed by atoms with Crippen LogP contribution >= 0.6 is 0 Å². The third kappa shape index (κ3) is 6.01. The maximum Gasteiger partial charge on any atom is 0.342 e. The first-order valence-electron chi connectivity index (χ1n) is 13.7. The molecule has 0 spiro atoms. The molecule has 1 fully saturated rings. The molecule has 1 aromatic heterocycles. The van der Waals surface area contributed by atoms with Crippen molar-refractivity contribution >= 4 is 17.6 Å². The molecule has 206 valence electrons. The first-order valence-corrected chi connectivity index (χ1v) is 13.7. The van der Waals surface area contributed by atoms with E-state index in [1.165, 1.54) is 10.7 Å². The molecule has 1 saturated carbocycles. The second kappa shape index (κ2) is 12.1. The zero-order valence-corrected chi connectivity index (χ0v) is 22.8. The number of aromatic hydroxyl groups is 1. The van der Waals surface area contributed by atoms with Gasteiger partial charge in [-0.2, -0.15) is 9.78 Å². The number of amides is 2. The Labute approximate surface area is 234 Å². The molecule has 0 radical (unpaired) electrons. The van der Waals surface area contributed by atoms with Crippen LogP contribution in [-0.2, 0) is 6.54 Å². The minimum absolute atomic E-state index is 0.0348. The lowest BCUT2D eigenvalue weighted by Crippen LogP contribution is -2.31. The average molecular weight is 539 g/mol. The highest BCUT2D eigenvalue weighted by atomic mass is 16.5. The number of aromatic nitrogens is 2. The predicted molar refractivity (Wildman–Crippen MR) is 155 cm³/mol. The van der Waals surface area contributed by atoms with Gasteiger partial charge in [0, 0.05) is 35.3 Å². The van der Waals surface area contributed by atoms with Crippen LogP contribution in [0.15, 0.2) is 72.8 Å². The molecule has 3 N–H and O–H groups in total. The number of carbonyl (C=O) groups is 2. The summed E-state index contributed by atoms with van der Waals surface area (Å²) < 4.78 is 6.88. The molecule has 0 aliphatic heterocycles. The van der Waals surface area contributed by atoms with E-state index in [-0.39, 0.29) is 23.6 Å². The zero-order valence-electron chi connectivity index (χ0n) is 22.8. The number of hydrogen-bond acceptors (Lipinski definition) is 5. The second-order valence-electron chi connectivity index (χ2n) is 10.1. The van der Waals surface area contributed by atoms with Crippen LogP contribution in [0.1, 0.15) is 65.7 Å². The van der Waals surface area contributed by atoms with Crippen molar-refractivity contribution < 1.29 is 19.4 Å². The first-order chi connectivity index (χ1) is 19.4. The molecule has 2 amide bonds. The van der Waals surface area contributed by atoms with Crippen LogP contribution in [0.2, 0.25) is 0 Å². The molecule has 40 heavy (non-hydrogen) atoms. The van der Waals surface area contributed by atoms with Crippen molar-refractivity contribution in [3.8, 4) is 22.8 Å². The quantitative estimate of drug-likeness (QED) is 0.233. The van der Waals surface area contributed by atoms with E-state index < -0.39 is 0 Å². The summed E-state index contributed by atoms with van der Waals surface area (Å²) in [6.45, 7) is 4.87. The monoisotopic (exact) mass is 538 g/mol. The Kier molecular flexibility index (Phi) is 8.15. The van der Waals surface area contributed by atoms with Crippen molar-refractivity contribution in [3.05, 3.63) is 95.2 Å². The van der Waals surface area contributed by atoms with Gasteiger partial charge in [-0.3, -0.25) is 4.79 Å². The van der Waals surface area contributed by atoms with Gasteiger partial charge >= 0.3 is 6.03 Å². The summed E-state index contributed by atoms with van der Waals surface area (Å²) in [5.41, 5.74) is 4.93. The molecular formula is C32H34N4O4. The lowest BCUT2D eigenvalue weighted by Gasteiger charge is -2.13. The predicted octanol–water partition coefficient (Wildman–Crippen LogP) is 6.63. The normalized spacial score (nSPS) is 13.2. The lowest BCUT2D eigenvalue weighted by molar-refractivity contribution is 0.102. The van der Waals surface area contributed by atoms with Gasteiger partial charge in [0.15, 0.2) is 0 Å². The topological polar surface area (TPSA) is 105 Å². The summed E-state index contributed by atoms with van der Waals surface area (Å²) >= 11 is 0. The molecule has 0 saturated heterocycles. The second-order valence-corrected chi connectivity index (χ2v) is 10.1. The fourth-order valence-electron chi connectivity index (χ4n) is 5.15. The first kappa shape index (κ1) is 27.0. The number of anilines is 1. The van der Waals surface area contributed by atoms with Gasteiger partial charge in [0.2, 0.25) is 0 Å². The van der Waals surface area contributed by atoms with Gasteiger partial charge in [0.1, 0.15) is 11.5 Å². The van der Waals surface area contributed by atoms with Crippen molar-refractivity contribution in [2.45, 2.75) is 52.0 Å². The van der Waals surface area contributed by atoms with Gasteiger partial charge in [-0.1, -0.05) is 37.1 Å². The maximum absolute atomic E-state index is 13.3. The number of ether oxygens (including phenoxy) is 1. The van der Waals surface area contributed by atoms with E-state index in [9.17, 15) is 14.7 Å². The minimum atomic E-state index is -0.298. The van der Waals surface area contributed by atoms with E-state index in [4.69, 9.17) is 4.74 Å². The van der Waals surface area contributed by atoms with E-state index in [0.717, 1.165) is 42.5 Å². The van der Waals surface area contributed by atoms with E-state index in [2.05, 4.69) is 15.7 Å². The zero-order chi connectivity index (χ0) is 28.1. The third-order valence-electron chi connectivity index (χ3n) is 7.35. The number of nitrogens with zero attached hydrogens (tertiary/aromatic N) is 2. The van der Waals surface area contributed by atoms with Crippen LogP contribution in [0.4, 0.5) is 10.5 Å². The number of carbonyl (C=O) groups excluding carboxylic acids is 2. The molecular weight excluding hydrogens is 504 g/mol. The van der Waals surface area contributed by atoms with E-state index in [1.807, 2.05) is 44.2 Å². The molecule has 8 nitrogen and oxygen atoms in total. The van der Waals surface area contributed by atoms with Gasteiger partial charge in [-0.25, -0.2) is 4.79 Å². The number of rotatable bonds is 8. The summed E-state index contributed by atoms with van der Waals surface area (Å²) in [6, 6.07) is 21.3. The summed E-state index contributed by atoms with van der Waals surface area (Å²) in [5, 5.41) is 21.3. The third-order valence-corrected chi connectivity index (χ3v) is 7.35. The molecule has 1 aliphatic carbocycles. The van der Waals surface area contributed by atoms with Gasteiger partial charge in [-0.15, -0.1) is 0 Å². The van der Waals surface area contributed by atoms with Gasteiger partial charge in [0.25, 0.3) is 5.91 Å². The number of phenolic OH excluding ortho intramolecular Hbond substituents is 1. The van der Waals surface area contributed by atoms with E-state index in [1.54, 1.807) is 36.4 Å². The Morgan fingerprint density at radius 2 is 1.77 bits per heavy atom. The maximum atomic E-state index is 13.3. The highest BCUT2D eigenvalue weighted by Crippen LogP contribution is 2.38. The smallest absolute Gasteiger partial charge is 0.342 e. The molecule has 1 heterocycles. The lowest BCUT2D eigenvalue weighted by atomic mass is 10.0. The summed E-state index contributed by atoms with van der Waals surface area (Å²) in [7, 11) is 0. The largest absolute Gasteiger partial charge is 0.507 e. The van der Waals surface area contributed by atoms with Gasteiger partial charge < -0.3 is 20.5 Å². The molecule has 5 rings (SSSR count). The summed E-state index contributed by atoms with van der Waals surface area (Å²) in [4.78, 5) is 26.0. The Balaban J connectivity index is 1.35. The SMILES string of the molecule is CCOc1ccc(C(=O)Nc2ccc(-c3cc(C4CCCC4)n(C(=O)NCc4ccccc4C)n3)c(O)c2)cc1. The van der Waals surface area contributed by atoms with Crippen LogP contribution in [0, 0.1) is 6.92 Å². The van der Waals surface area contributed by atoms with Gasteiger partial charge in [0.05, 0.1) is 18.0 Å². The Bertz CT molecular complexity index is 1500. The average Bonchev–Trinajstić information content (AvgIpc) is 3.64. The Morgan fingerprint density at radius 1 is 1.02 bits per heavy atom. The van der Waals surface area contributed by atoms with Crippen molar-refractivity contribution in [2.24, 2.45) is 0 Å². The number of nitrogens with one attached hydrogen (secondary N) is 2. The number of hydrogen-bond donors (Lipinski definition) is 3. The Hall–Kier alpha value is -4.59. The fraction of sp³-hybridized carbons (Fsp3) is 0.281. The molecule has 3 aromatic carbocycles. The number of aryl methyl sites for hydroxylation is 1. The molecule has 8 heteroatoms. The van der Waals surface area contributed by atoms with Crippen LogP contribution in [-0.4, -0.2) is 33.4 Å². The minimum Gasteiger partial charge on any atom is -0.507 e. The number of phenols is 1. The highest BCUT2D eigenvalue weighted by molar-refractivity contribution is 6.04. The van der Waals surface area contributed by atoms with Crippen LogP contribution in [0.5, 0.6) is 11.5 Å². The Morgan fingerprint density at radius 3 is 2.48 bits per heavy atom. The molecule has 0 unspecified atom stereocenters. The molecule has 0 atom stereocenters. The standard InChI is InChI=1S/C32H34N4O4/c1-3-40-26-15-12-23(13-16-26)31(38)34-25-14-17-27(30(37)18-25)28-19-29(22-9-6-7-10-22)36(35-28)32(39)33-20-24-11-5-4-8-21(24)2/h4-5,8,11-19,22,37H,3,6-7,9-10,20H2,1-2H3,(H,33,39)(H,34,38). The van der Waals surface area contributed by atoms with Crippen molar-refractivity contribution in [1.82, 2.24) is 15.1 Å².